The van der Waals surface area contributed by atoms with Gasteiger partial charge in [0, 0.05) is 29.0 Å². The number of aromatic nitrogens is 1. The van der Waals surface area contributed by atoms with E-state index in [-0.39, 0.29) is 31.0 Å². The minimum Gasteiger partial charge on any atom is -0.465 e. The van der Waals surface area contributed by atoms with Gasteiger partial charge in [0.2, 0.25) is 0 Å². The second-order valence-electron chi connectivity index (χ2n) is 8.97. The first-order chi connectivity index (χ1) is 20.9. The van der Waals surface area contributed by atoms with Crippen LogP contribution >= 0.6 is 15.9 Å². The molecule has 1 heterocycles. The number of carbonyl (C=O) groups excluding carboxylic acids is 2. The number of nitrogens with zero attached hydrogens (tertiary/aromatic N) is 2. The Morgan fingerprint density at radius 3 is 2.18 bits per heavy atom. The van der Waals surface area contributed by atoms with Crippen molar-refractivity contribution in [2.24, 2.45) is 0 Å². The van der Waals surface area contributed by atoms with E-state index in [4.69, 9.17) is 4.74 Å². The van der Waals surface area contributed by atoms with Gasteiger partial charge in [0.05, 0.1) is 23.5 Å². The molecule has 0 bridgehead atoms. The number of esters is 1. The Hall–Kier alpha value is -4.09. The number of anilines is 2. The van der Waals surface area contributed by atoms with Crippen LogP contribution in [0.1, 0.15) is 28.4 Å². The second kappa shape index (κ2) is 13.9. The van der Waals surface area contributed by atoms with Crippen LogP contribution in [-0.2, 0) is 21.7 Å². The van der Waals surface area contributed by atoms with E-state index >= 15 is 4.39 Å². The summed E-state index contributed by atoms with van der Waals surface area (Å²) in [6, 6.07) is 6.05. The molecule has 0 saturated carbocycles. The molecule has 0 fully saturated rings. The molecule has 7 nitrogen and oxygen atoms in total. The zero-order valence-electron chi connectivity index (χ0n) is 22.6. The van der Waals surface area contributed by atoms with Crippen LogP contribution in [0.4, 0.5) is 55.3 Å². The van der Waals surface area contributed by atoms with Crippen molar-refractivity contribution in [3.05, 3.63) is 81.8 Å². The number of halogens is 11. The molecule has 45 heavy (non-hydrogen) atoms. The van der Waals surface area contributed by atoms with Crippen LogP contribution in [0.25, 0.3) is 0 Å². The van der Waals surface area contributed by atoms with Gasteiger partial charge in [-0.3, -0.25) is 14.6 Å². The lowest BCUT2D eigenvalue weighted by molar-refractivity contribution is -0.348. The third kappa shape index (κ3) is 7.96. The maximum absolute atomic E-state index is 15.8. The lowest BCUT2D eigenvalue weighted by Gasteiger charge is -2.31. The van der Waals surface area contributed by atoms with Crippen molar-refractivity contribution in [1.82, 2.24) is 4.98 Å². The molecule has 1 aromatic heterocycles. The Kier molecular flexibility index (Phi) is 10.9. The number of alkyl halides is 9. The molecular formula is C27H20BrF10N3O4. The van der Waals surface area contributed by atoms with Crippen molar-refractivity contribution in [2.75, 3.05) is 23.4 Å². The van der Waals surface area contributed by atoms with Gasteiger partial charge in [-0.2, -0.15) is 35.1 Å². The van der Waals surface area contributed by atoms with E-state index in [0.29, 0.717) is 5.56 Å². The highest BCUT2D eigenvalue weighted by molar-refractivity contribution is 9.10. The first-order valence-electron chi connectivity index (χ1n) is 12.4. The summed E-state index contributed by atoms with van der Waals surface area (Å²) in [6.07, 6.45) is -10.3. The summed E-state index contributed by atoms with van der Waals surface area (Å²) in [7, 11) is 0. The number of pyridine rings is 1. The minimum atomic E-state index is -6.59. The van der Waals surface area contributed by atoms with Crippen molar-refractivity contribution in [3.63, 3.8) is 0 Å². The first-order valence-corrected chi connectivity index (χ1v) is 13.2. The molecule has 0 aliphatic heterocycles. The van der Waals surface area contributed by atoms with Crippen LogP contribution in [0, 0.1) is 5.82 Å². The SMILES string of the molecule is CCOC(=O)CN(Cc1ccncc1)c1cccc(C(=O)Nc2c(Br)cc(C(F)(C(F)(F)F)C(F)(F)F)cc2OC(F)F)c1F. The van der Waals surface area contributed by atoms with E-state index in [0.717, 1.165) is 6.07 Å². The van der Waals surface area contributed by atoms with Gasteiger partial charge >= 0.3 is 30.6 Å². The summed E-state index contributed by atoms with van der Waals surface area (Å²) in [5, 5.41) is 1.89. The molecule has 0 spiro atoms. The average Bonchev–Trinajstić information content (AvgIpc) is 2.93. The summed E-state index contributed by atoms with van der Waals surface area (Å²) < 4.78 is 145. The van der Waals surface area contributed by atoms with Gasteiger partial charge in [-0.1, -0.05) is 6.07 Å². The topological polar surface area (TPSA) is 80.8 Å². The molecule has 244 valence electrons. The largest absolute Gasteiger partial charge is 0.465 e. The maximum atomic E-state index is 15.8. The molecular weight excluding hydrogens is 700 g/mol. The van der Waals surface area contributed by atoms with Gasteiger partial charge in [-0.05, 0) is 64.8 Å². The van der Waals surface area contributed by atoms with Crippen molar-refractivity contribution in [2.45, 2.75) is 38.1 Å². The van der Waals surface area contributed by atoms with E-state index < -0.39 is 75.9 Å². The number of benzene rings is 2. The van der Waals surface area contributed by atoms with E-state index in [1.165, 1.54) is 36.4 Å². The first kappa shape index (κ1) is 35.4. The molecule has 0 aliphatic rings. The van der Waals surface area contributed by atoms with Gasteiger partial charge in [-0.15, -0.1) is 0 Å². The molecule has 0 unspecified atom stereocenters. The van der Waals surface area contributed by atoms with Crippen LogP contribution in [0.2, 0.25) is 0 Å². The number of carbonyl (C=O) groups is 2. The molecule has 0 radical (unpaired) electrons. The maximum Gasteiger partial charge on any atom is 0.435 e. The molecule has 0 aliphatic carbocycles. The molecule has 18 heteroatoms. The minimum absolute atomic E-state index is 0.000978. The van der Waals surface area contributed by atoms with Crippen LogP contribution in [-0.4, -0.2) is 49.0 Å². The van der Waals surface area contributed by atoms with Gasteiger partial charge in [0.25, 0.3) is 5.91 Å². The van der Waals surface area contributed by atoms with Crippen LogP contribution in [0.5, 0.6) is 5.75 Å². The smallest absolute Gasteiger partial charge is 0.435 e. The molecule has 2 aromatic carbocycles. The number of hydrogen-bond acceptors (Lipinski definition) is 6. The molecule has 0 saturated heterocycles. The summed E-state index contributed by atoms with van der Waals surface area (Å²) in [5.41, 5.74) is -9.74. The number of amides is 1. The Labute approximate surface area is 256 Å². The predicted octanol–water partition coefficient (Wildman–Crippen LogP) is 7.70. The van der Waals surface area contributed by atoms with Gasteiger partial charge in [-0.25, -0.2) is 8.78 Å². The van der Waals surface area contributed by atoms with Crippen molar-refractivity contribution in [1.29, 1.82) is 0 Å². The number of hydrogen-bond donors (Lipinski definition) is 1. The van der Waals surface area contributed by atoms with Crippen molar-refractivity contribution >= 4 is 39.2 Å². The third-order valence-corrected chi connectivity index (χ3v) is 6.62. The molecule has 0 atom stereocenters. The van der Waals surface area contributed by atoms with Crippen LogP contribution < -0.4 is 15.0 Å². The summed E-state index contributed by atoms with van der Waals surface area (Å²) >= 11 is 2.55. The fourth-order valence-corrected chi connectivity index (χ4v) is 4.54. The summed E-state index contributed by atoms with van der Waals surface area (Å²) in [5.74, 6) is -4.95. The van der Waals surface area contributed by atoms with Gasteiger partial charge in [0.1, 0.15) is 6.54 Å². The van der Waals surface area contributed by atoms with Crippen molar-refractivity contribution in [3.8, 4) is 5.75 Å². The summed E-state index contributed by atoms with van der Waals surface area (Å²) in [4.78, 5) is 30.4. The Morgan fingerprint density at radius 1 is 1.00 bits per heavy atom. The van der Waals surface area contributed by atoms with Crippen molar-refractivity contribution < 1.29 is 63.0 Å². The quantitative estimate of drug-likeness (QED) is 0.162. The molecule has 1 N–H and O–H groups in total. The Bertz CT molecular complexity index is 1510. The average molecular weight is 720 g/mol. The summed E-state index contributed by atoms with van der Waals surface area (Å²) in [6.45, 7) is -2.92. The fraction of sp³-hybridized carbons (Fsp3) is 0.296. The van der Waals surface area contributed by atoms with E-state index in [1.807, 2.05) is 5.32 Å². The standard InChI is InChI=1S/C27H20BrF10N3O4/c1-2-44-20(42)13-41(12-14-6-8-39-9-7-14)18-5-3-4-16(21(18)29)23(43)40-22-17(28)10-15(11-19(22)45-24(30)31)25(32,26(33,34)35)27(36,37)38/h3-11,24H,2,12-13H2,1H3,(H,40,43). The van der Waals surface area contributed by atoms with Gasteiger partial charge < -0.3 is 19.7 Å². The predicted molar refractivity (Wildman–Crippen MR) is 142 cm³/mol. The van der Waals surface area contributed by atoms with E-state index in [1.54, 1.807) is 12.1 Å². The lowest BCUT2D eigenvalue weighted by Crippen LogP contribution is -2.50. The lowest BCUT2D eigenvalue weighted by atomic mass is 9.93. The third-order valence-electron chi connectivity index (χ3n) is 6.00. The number of nitrogens with one attached hydrogen (secondary N) is 1. The number of rotatable bonds is 11. The normalized spacial score (nSPS) is 12.2. The zero-order valence-corrected chi connectivity index (χ0v) is 24.2. The molecule has 3 aromatic rings. The zero-order chi connectivity index (χ0) is 33.7. The monoisotopic (exact) mass is 719 g/mol. The highest BCUT2D eigenvalue weighted by Gasteiger charge is 2.73. The highest BCUT2D eigenvalue weighted by Crippen LogP contribution is 2.55. The Balaban J connectivity index is 2.07. The molecule has 1 amide bonds. The van der Waals surface area contributed by atoms with E-state index in [2.05, 4.69) is 25.7 Å². The van der Waals surface area contributed by atoms with Crippen LogP contribution in [0.15, 0.2) is 59.3 Å². The van der Waals surface area contributed by atoms with Crippen LogP contribution in [0.3, 0.4) is 0 Å². The Morgan fingerprint density at radius 2 is 1.62 bits per heavy atom. The molecule has 3 rings (SSSR count). The van der Waals surface area contributed by atoms with E-state index in [9.17, 15) is 49.1 Å². The second-order valence-corrected chi connectivity index (χ2v) is 9.83. The number of ether oxygens (including phenoxy) is 2. The highest BCUT2D eigenvalue weighted by atomic mass is 79.9. The van der Waals surface area contributed by atoms with Gasteiger partial charge in [0.15, 0.2) is 11.6 Å². The fourth-order valence-electron chi connectivity index (χ4n) is 4.00.